The van der Waals surface area contributed by atoms with Gasteiger partial charge in [-0.15, -0.1) is 10.2 Å². The molecule has 0 aromatic carbocycles. The maximum atomic E-state index is 9.22. The average Bonchev–Trinajstić information content (AvgIpc) is 2.92. The van der Waals surface area contributed by atoms with Crippen LogP contribution in [0.25, 0.3) is 0 Å². The first-order chi connectivity index (χ1) is 12.1. The number of rotatable bonds is 12. The minimum atomic E-state index is 0.234. The van der Waals surface area contributed by atoms with Crippen LogP contribution in [-0.2, 0) is 13.6 Å². The van der Waals surface area contributed by atoms with Crippen molar-refractivity contribution in [1.82, 2.24) is 25.4 Å². The Labute approximate surface area is 156 Å². The number of aryl methyl sites for hydroxylation is 1. The summed E-state index contributed by atoms with van der Waals surface area (Å²) in [5.74, 6) is 4.14. The maximum absolute atomic E-state index is 9.22. The highest BCUT2D eigenvalue weighted by molar-refractivity contribution is 7.98. The Morgan fingerprint density at radius 1 is 1.32 bits per heavy atom. The predicted molar refractivity (Wildman–Crippen MR) is 106 cm³/mol. The lowest BCUT2D eigenvalue weighted by Gasteiger charge is -2.18. The van der Waals surface area contributed by atoms with E-state index in [9.17, 15) is 5.11 Å². The summed E-state index contributed by atoms with van der Waals surface area (Å²) in [5.41, 5.74) is 0. The zero-order valence-electron chi connectivity index (χ0n) is 16.1. The zero-order valence-corrected chi connectivity index (χ0v) is 16.9. The molecule has 7 nitrogen and oxygen atoms in total. The summed E-state index contributed by atoms with van der Waals surface area (Å²) in [6.07, 6.45) is 6.27. The first-order valence-corrected chi connectivity index (χ1v) is 10.5. The molecule has 0 aliphatic heterocycles. The van der Waals surface area contributed by atoms with Gasteiger partial charge in [0.1, 0.15) is 12.4 Å². The van der Waals surface area contributed by atoms with Gasteiger partial charge in [0.05, 0.1) is 0 Å². The second-order valence-electron chi connectivity index (χ2n) is 6.21. The van der Waals surface area contributed by atoms with Crippen LogP contribution >= 0.6 is 11.8 Å². The normalized spacial score (nSPS) is 13.1. The molecule has 0 aliphatic rings. The van der Waals surface area contributed by atoms with Gasteiger partial charge in [-0.1, -0.05) is 13.3 Å². The van der Waals surface area contributed by atoms with Gasteiger partial charge in [-0.05, 0) is 44.1 Å². The lowest BCUT2D eigenvalue weighted by Crippen LogP contribution is -2.40. The minimum Gasteiger partial charge on any atom is -0.396 e. The van der Waals surface area contributed by atoms with Gasteiger partial charge in [-0.2, -0.15) is 11.8 Å². The summed E-state index contributed by atoms with van der Waals surface area (Å²) in [6, 6.07) is 0. The van der Waals surface area contributed by atoms with Crippen molar-refractivity contribution in [2.45, 2.75) is 46.1 Å². The molecule has 1 heterocycles. The van der Waals surface area contributed by atoms with Crippen LogP contribution in [0.15, 0.2) is 4.99 Å². The van der Waals surface area contributed by atoms with Crippen LogP contribution in [-0.4, -0.2) is 57.5 Å². The third kappa shape index (κ3) is 8.58. The van der Waals surface area contributed by atoms with E-state index in [0.717, 1.165) is 62.1 Å². The summed E-state index contributed by atoms with van der Waals surface area (Å²) < 4.78 is 1.96. The van der Waals surface area contributed by atoms with Crippen molar-refractivity contribution in [1.29, 1.82) is 0 Å². The monoisotopic (exact) mass is 370 g/mol. The lowest BCUT2D eigenvalue weighted by molar-refractivity contribution is 0.251. The lowest BCUT2D eigenvalue weighted by atomic mass is 10.0. The molecule has 0 bridgehead atoms. The fourth-order valence-corrected chi connectivity index (χ4v) is 2.95. The van der Waals surface area contributed by atoms with Gasteiger partial charge in [-0.3, -0.25) is 0 Å². The molecular weight excluding hydrogens is 336 g/mol. The quantitative estimate of drug-likeness (QED) is 0.295. The number of aromatic nitrogens is 3. The molecule has 1 atom stereocenters. The number of thioether (sulfide) groups is 1. The van der Waals surface area contributed by atoms with E-state index in [0.29, 0.717) is 12.5 Å². The third-order valence-electron chi connectivity index (χ3n) is 4.17. The van der Waals surface area contributed by atoms with Crippen molar-refractivity contribution < 1.29 is 5.11 Å². The van der Waals surface area contributed by atoms with E-state index in [2.05, 4.69) is 39.0 Å². The van der Waals surface area contributed by atoms with E-state index in [1.165, 1.54) is 0 Å². The largest absolute Gasteiger partial charge is 0.396 e. The second kappa shape index (κ2) is 13.0. The highest BCUT2D eigenvalue weighted by atomic mass is 32.2. The fourth-order valence-electron chi connectivity index (χ4n) is 2.52. The van der Waals surface area contributed by atoms with E-state index in [1.54, 1.807) is 0 Å². The van der Waals surface area contributed by atoms with Crippen molar-refractivity contribution >= 4 is 17.7 Å². The van der Waals surface area contributed by atoms with Gasteiger partial charge < -0.3 is 20.3 Å². The van der Waals surface area contributed by atoms with Gasteiger partial charge in [-0.25, -0.2) is 4.99 Å². The molecule has 1 unspecified atom stereocenters. The molecule has 144 valence electrons. The summed E-state index contributed by atoms with van der Waals surface area (Å²) in [5, 5.41) is 24.3. The Morgan fingerprint density at radius 3 is 2.72 bits per heavy atom. The van der Waals surface area contributed by atoms with E-state index in [4.69, 9.17) is 0 Å². The zero-order chi connectivity index (χ0) is 18.5. The molecular formula is C17H34N6OS. The average molecular weight is 371 g/mol. The van der Waals surface area contributed by atoms with Crippen molar-refractivity contribution in [3.05, 3.63) is 11.6 Å². The van der Waals surface area contributed by atoms with Crippen molar-refractivity contribution in [2.24, 2.45) is 18.0 Å². The van der Waals surface area contributed by atoms with Crippen LogP contribution in [0.4, 0.5) is 0 Å². The second-order valence-corrected chi connectivity index (χ2v) is 7.19. The summed E-state index contributed by atoms with van der Waals surface area (Å²) in [4.78, 5) is 4.66. The molecule has 0 fully saturated rings. The Morgan fingerprint density at radius 2 is 2.12 bits per heavy atom. The van der Waals surface area contributed by atoms with Crippen molar-refractivity contribution in [3.63, 3.8) is 0 Å². The molecule has 0 aliphatic carbocycles. The topological polar surface area (TPSA) is 87.4 Å². The summed E-state index contributed by atoms with van der Waals surface area (Å²) in [7, 11) is 1.96. The molecule has 0 amide bonds. The highest BCUT2D eigenvalue weighted by Gasteiger charge is 2.09. The molecule has 0 saturated carbocycles. The number of hydrogen-bond acceptors (Lipinski definition) is 5. The summed E-state index contributed by atoms with van der Waals surface area (Å²) >= 11 is 1.85. The van der Waals surface area contributed by atoms with Crippen LogP contribution in [0, 0.1) is 12.8 Å². The van der Waals surface area contributed by atoms with Gasteiger partial charge in [0, 0.05) is 26.7 Å². The number of nitrogens with zero attached hydrogens (tertiary/aromatic N) is 4. The Balaban J connectivity index is 2.63. The van der Waals surface area contributed by atoms with Crippen LogP contribution in [0.1, 0.15) is 44.3 Å². The molecule has 25 heavy (non-hydrogen) atoms. The van der Waals surface area contributed by atoms with Gasteiger partial charge in [0.25, 0.3) is 0 Å². The Bertz CT molecular complexity index is 499. The molecule has 0 saturated heterocycles. The van der Waals surface area contributed by atoms with Crippen molar-refractivity contribution in [2.75, 3.05) is 31.7 Å². The van der Waals surface area contributed by atoms with E-state index < -0.39 is 0 Å². The van der Waals surface area contributed by atoms with Gasteiger partial charge in [0.15, 0.2) is 11.8 Å². The standard InChI is InChI=1S/C17H34N6OS/c1-5-7-15(8-10-24)12-19-17(18-9-6-11-25-4)20-13-16-22-21-14(2)23(16)3/h15,24H,5-13H2,1-4H3,(H2,18,19,20). The van der Waals surface area contributed by atoms with Crippen LogP contribution in [0.2, 0.25) is 0 Å². The number of aliphatic hydroxyl groups excluding tert-OH is 1. The van der Waals surface area contributed by atoms with E-state index >= 15 is 0 Å². The number of guanidine groups is 1. The van der Waals surface area contributed by atoms with Gasteiger partial charge >= 0.3 is 0 Å². The van der Waals surface area contributed by atoms with E-state index in [-0.39, 0.29) is 6.61 Å². The molecule has 3 N–H and O–H groups in total. The SMILES string of the molecule is CCCC(CCO)CNC(=NCc1nnc(C)n1C)NCCCSC. The van der Waals surface area contributed by atoms with Crippen LogP contribution < -0.4 is 10.6 Å². The Kier molecular flexibility index (Phi) is 11.3. The summed E-state index contributed by atoms with van der Waals surface area (Å²) in [6.45, 7) is 6.55. The minimum absolute atomic E-state index is 0.234. The molecule has 0 radical (unpaired) electrons. The van der Waals surface area contributed by atoms with Gasteiger partial charge in [0.2, 0.25) is 0 Å². The molecule has 8 heteroatoms. The Hall–Kier alpha value is -1.28. The number of nitrogens with one attached hydrogen (secondary N) is 2. The molecule has 1 rings (SSSR count). The highest BCUT2D eigenvalue weighted by Crippen LogP contribution is 2.09. The number of aliphatic imine (C=N–C) groups is 1. The first-order valence-electron chi connectivity index (χ1n) is 9.09. The molecule has 1 aromatic heterocycles. The number of aliphatic hydroxyl groups is 1. The first kappa shape index (κ1) is 21.8. The molecule has 1 aromatic rings. The van der Waals surface area contributed by atoms with Crippen molar-refractivity contribution in [3.8, 4) is 0 Å². The fraction of sp³-hybridized carbons (Fsp3) is 0.824. The van der Waals surface area contributed by atoms with Crippen LogP contribution in [0.3, 0.4) is 0 Å². The molecule has 0 spiro atoms. The predicted octanol–water partition coefficient (Wildman–Crippen LogP) is 1.71. The third-order valence-corrected chi connectivity index (χ3v) is 4.87. The number of hydrogen-bond donors (Lipinski definition) is 3. The van der Waals surface area contributed by atoms with Crippen LogP contribution in [0.5, 0.6) is 0 Å². The maximum Gasteiger partial charge on any atom is 0.191 e. The smallest absolute Gasteiger partial charge is 0.191 e. The van der Waals surface area contributed by atoms with E-state index in [1.807, 2.05) is 30.3 Å².